The number of ether oxygens (including phenoxy) is 1. The Labute approximate surface area is 210 Å². The Balaban J connectivity index is 1.39. The molecular weight excluding hydrogens is 515 g/mol. The summed E-state index contributed by atoms with van der Waals surface area (Å²) in [5, 5.41) is 5.90. The normalized spacial score (nSPS) is 18.1. The van der Waals surface area contributed by atoms with E-state index in [-0.39, 0.29) is 23.9 Å². The SMILES string of the molecule is O=C(COc1ccc(C2C3=C(CCCC3=O)NC3=C2C(=O)CCC3)cc1Br)Nc1ccccc1F. The molecule has 0 atom stereocenters. The monoisotopic (exact) mass is 538 g/mol. The molecule has 0 aromatic heterocycles. The van der Waals surface area contributed by atoms with E-state index in [2.05, 4.69) is 26.6 Å². The summed E-state index contributed by atoms with van der Waals surface area (Å²) in [6.45, 7) is -0.304. The lowest BCUT2D eigenvalue weighted by Crippen LogP contribution is -2.36. The second kappa shape index (κ2) is 9.77. The van der Waals surface area contributed by atoms with Crippen molar-refractivity contribution in [1.29, 1.82) is 0 Å². The average molecular weight is 539 g/mol. The fraction of sp³-hybridized carbons (Fsp3) is 0.296. The van der Waals surface area contributed by atoms with E-state index in [0.29, 0.717) is 34.2 Å². The smallest absolute Gasteiger partial charge is 0.262 e. The number of ketones is 2. The summed E-state index contributed by atoms with van der Waals surface area (Å²) in [6, 6.07) is 11.3. The summed E-state index contributed by atoms with van der Waals surface area (Å²) in [5.74, 6) is -0.832. The number of nitrogens with one attached hydrogen (secondary N) is 2. The number of rotatable bonds is 5. The molecule has 2 aliphatic carbocycles. The summed E-state index contributed by atoms with van der Waals surface area (Å²) in [4.78, 5) is 38.2. The van der Waals surface area contributed by atoms with Gasteiger partial charge >= 0.3 is 0 Å². The van der Waals surface area contributed by atoms with Gasteiger partial charge in [0.1, 0.15) is 11.6 Å². The molecule has 5 rings (SSSR count). The molecule has 2 aromatic carbocycles. The maximum absolute atomic E-state index is 13.8. The van der Waals surface area contributed by atoms with Gasteiger partial charge in [-0.3, -0.25) is 14.4 Å². The highest BCUT2D eigenvalue weighted by atomic mass is 79.9. The number of amides is 1. The van der Waals surface area contributed by atoms with Crippen LogP contribution in [0.2, 0.25) is 0 Å². The molecule has 35 heavy (non-hydrogen) atoms. The fourth-order valence-corrected chi connectivity index (χ4v) is 5.53. The first-order valence-electron chi connectivity index (χ1n) is 11.7. The predicted octanol–water partition coefficient (Wildman–Crippen LogP) is 5.31. The second-order valence-corrected chi connectivity index (χ2v) is 9.76. The standard InChI is InChI=1S/C27H24BrFN2O4/c28-16-13-15(11-12-23(16)35-14-24(34)31-18-6-2-1-5-17(18)29)25-26-19(7-3-9-21(26)32)30-20-8-4-10-22(33)27(20)25/h1-2,5-6,11-13,25,30H,3-4,7-10,14H2,(H,31,34). The van der Waals surface area contributed by atoms with Crippen LogP contribution in [-0.4, -0.2) is 24.1 Å². The van der Waals surface area contributed by atoms with E-state index in [1.54, 1.807) is 18.2 Å². The molecule has 1 amide bonds. The highest BCUT2D eigenvalue weighted by Crippen LogP contribution is 2.46. The van der Waals surface area contributed by atoms with Crippen LogP contribution in [0.3, 0.4) is 0 Å². The molecule has 2 N–H and O–H groups in total. The molecule has 0 radical (unpaired) electrons. The average Bonchev–Trinajstić information content (AvgIpc) is 2.84. The minimum atomic E-state index is -0.523. The molecule has 180 valence electrons. The van der Waals surface area contributed by atoms with E-state index in [9.17, 15) is 18.8 Å². The van der Waals surface area contributed by atoms with Gasteiger partial charge in [-0.05, 0) is 71.4 Å². The molecule has 3 aliphatic rings. The van der Waals surface area contributed by atoms with Gasteiger partial charge in [0.15, 0.2) is 18.2 Å². The minimum Gasteiger partial charge on any atom is -0.483 e. The highest BCUT2D eigenvalue weighted by molar-refractivity contribution is 9.10. The number of para-hydroxylation sites is 1. The topological polar surface area (TPSA) is 84.5 Å². The minimum absolute atomic E-state index is 0.0786. The molecule has 0 fully saturated rings. The zero-order valence-electron chi connectivity index (χ0n) is 19.0. The van der Waals surface area contributed by atoms with Crippen LogP contribution in [0.25, 0.3) is 0 Å². The van der Waals surface area contributed by atoms with E-state index in [1.165, 1.54) is 12.1 Å². The molecule has 2 aromatic rings. The first-order valence-corrected chi connectivity index (χ1v) is 12.5. The zero-order valence-corrected chi connectivity index (χ0v) is 20.5. The van der Waals surface area contributed by atoms with Crippen LogP contribution < -0.4 is 15.4 Å². The summed E-state index contributed by atoms with van der Waals surface area (Å²) < 4.78 is 20.0. The Morgan fingerprint density at radius 1 is 1.00 bits per heavy atom. The molecule has 0 saturated heterocycles. The molecule has 0 bridgehead atoms. The number of Topliss-reactive ketones (excluding diaryl/α,β-unsaturated/α-hetero) is 2. The van der Waals surface area contributed by atoms with Gasteiger partial charge in [-0.15, -0.1) is 0 Å². The maximum Gasteiger partial charge on any atom is 0.262 e. The molecule has 6 nitrogen and oxygen atoms in total. The van der Waals surface area contributed by atoms with Gasteiger partial charge in [-0.2, -0.15) is 0 Å². The van der Waals surface area contributed by atoms with Crippen molar-refractivity contribution in [3.05, 3.63) is 80.9 Å². The van der Waals surface area contributed by atoms with Crippen LogP contribution in [0.5, 0.6) is 5.75 Å². The first-order chi connectivity index (χ1) is 16.9. The predicted molar refractivity (Wildman–Crippen MR) is 132 cm³/mol. The van der Waals surface area contributed by atoms with Crippen molar-refractivity contribution in [2.75, 3.05) is 11.9 Å². The summed E-state index contributed by atoms with van der Waals surface area (Å²) in [5.41, 5.74) is 4.16. The lowest BCUT2D eigenvalue weighted by molar-refractivity contribution is -0.118. The van der Waals surface area contributed by atoms with Gasteiger partial charge in [-0.1, -0.05) is 18.2 Å². The van der Waals surface area contributed by atoms with Gasteiger partial charge in [-0.25, -0.2) is 4.39 Å². The van der Waals surface area contributed by atoms with E-state index in [1.807, 2.05) is 12.1 Å². The van der Waals surface area contributed by atoms with Crippen LogP contribution in [0.15, 0.2) is 69.5 Å². The molecule has 0 unspecified atom stereocenters. The Bertz CT molecular complexity index is 1260. The highest BCUT2D eigenvalue weighted by Gasteiger charge is 2.40. The lowest BCUT2D eigenvalue weighted by atomic mass is 9.71. The second-order valence-electron chi connectivity index (χ2n) is 8.90. The van der Waals surface area contributed by atoms with E-state index in [4.69, 9.17) is 4.74 Å². The van der Waals surface area contributed by atoms with Crippen LogP contribution in [0.4, 0.5) is 10.1 Å². The third kappa shape index (κ3) is 4.67. The Kier molecular flexibility index (Phi) is 6.56. The molecular formula is C27H24BrFN2O4. The molecule has 8 heteroatoms. The Morgan fingerprint density at radius 3 is 2.29 bits per heavy atom. The molecule has 1 aliphatic heterocycles. The fourth-order valence-electron chi connectivity index (χ4n) is 5.02. The van der Waals surface area contributed by atoms with E-state index in [0.717, 1.165) is 42.6 Å². The summed E-state index contributed by atoms with van der Waals surface area (Å²) in [7, 11) is 0. The third-order valence-electron chi connectivity index (χ3n) is 6.59. The number of anilines is 1. The summed E-state index contributed by atoms with van der Waals surface area (Å²) in [6.07, 6.45) is 4.16. The number of carbonyl (C=O) groups excluding carboxylic acids is 3. The van der Waals surface area contributed by atoms with Gasteiger partial charge in [0.05, 0.1) is 10.2 Å². The Hall–Kier alpha value is -3.26. The summed E-state index contributed by atoms with van der Waals surface area (Å²) >= 11 is 3.51. The van der Waals surface area contributed by atoms with Crippen molar-refractivity contribution in [1.82, 2.24) is 5.32 Å². The van der Waals surface area contributed by atoms with Crippen LogP contribution >= 0.6 is 15.9 Å². The van der Waals surface area contributed by atoms with Crippen molar-refractivity contribution in [3.63, 3.8) is 0 Å². The van der Waals surface area contributed by atoms with Gasteiger partial charge in [0.25, 0.3) is 5.91 Å². The largest absolute Gasteiger partial charge is 0.483 e. The number of benzene rings is 2. The van der Waals surface area contributed by atoms with Gasteiger partial charge < -0.3 is 15.4 Å². The zero-order chi connectivity index (χ0) is 24.5. The van der Waals surface area contributed by atoms with E-state index < -0.39 is 17.6 Å². The number of carbonyl (C=O) groups is 3. The van der Waals surface area contributed by atoms with Crippen LogP contribution in [0.1, 0.15) is 50.0 Å². The molecule has 0 saturated carbocycles. The quantitative estimate of drug-likeness (QED) is 0.539. The van der Waals surface area contributed by atoms with Crippen molar-refractivity contribution in [2.45, 2.75) is 44.4 Å². The first kappa shape index (κ1) is 23.5. The number of allylic oxidation sites excluding steroid dienone is 4. The molecule has 0 spiro atoms. The van der Waals surface area contributed by atoms with Crippen LogP contribution in [0, 0.1) is 5.82 Å². The lowest BCUT2D eigenvalue weighted by Gasteiger charge is -2.37. The van der Waals surface area contributed by atoms with Crippen molar-refractivity contribution >= 4 is 39.1 Å². The van der Waals surface area contributed by atoms with Crippen molar-refractivity contribution < 1.29 is 23.5 Å². The molecule has 1 heterocycles. The van der Waals surface area contributed by atoms with Crippen LogP contribution in [-0.2, 0) is 14.4 Å². The maximum atomic E-state index is 13.8. The van der Waals surface area contributed by atoms with Crippen molar-refractivity contribution in [2.24, 2.45) is 0 Å². The third-order valence-corrected chi connectivity index (χ3v) is 7.21. The van der Waals surface area contributed by atoms with Gasteiger partial charge in [0.2, 0.25) is 0 Å². The van der Waals surface area contributed by atoms with Gasteiger partial charge in [0, 0.05) is 41.3 Å². The van der Waals surface area contributed by atoms with E-state index >= 15 is 0 Å². The number of hydrogen-bond donors (Lipinski definition) is 2. The van der Waals surface area contributed by atoms with Crippen molar-refractivity contribution in [3.8, 4) is 5.75 Å². The number of hydrogen-bond acceptors (Lipinski definition) is 5. The Morgan fingerprint density at radius 2 is 1.66 bits per heavy atom. The number of halogens is 2. The number of dihydropyridines is 1.